The lowest BCUT2D eigenvalue weighted by Crippen LogP contribution is -1.87. The smallest absolute Gasteiger partial charge is 0.107 e. The van der Waals surface area contributed by atoms with Crippen molar-refractivity contribution in [3.63, 3.8) is 0 Å². The number of unbranched alkanes of at least 4 members (excludes halogenated alkanes) is 3. The molecule has 0 saturated heterocycles. The molecular weight excluding hydrogens is 315 g/mol. The van der Waals surface area contributed by atoms with Crippen LogP contribution in [0.15, 0.2) is 10.5 Å². The van der Waals surface area contributed by atoms with Crippen molar-refractivity contribution in [2.75, 3.05) is 0 Å². The third-order valence-electron chi connectivity index (χ3n) is 2.28. The zero-order chi connectivity index (χ0) is 11.3. The Morgan fingerprint density at radius 3 is 2.67 bits per heavy atom. The van der Waals surface area contributed by atoms with E-state index in [4.69, 9.17) is 23.2 Å². The Bertz CT molecular complexity index is 279. The quantitative estimate of drug-likeness (QED) is 0.417. The first-order valence-electron chi connectivity index (χ1n) is 5.24. The summed E-state index contributed by atoms with van der Waals surface area (Å²) in [5.41, 5.74) is 0. The molecule has 1 rings (SSSR count). The van der Waals surface area contributed by atoms with Crippen LogP contribution in [-0.4, -0.2) is 0 Å². The molecule has 0 radical (unpaired) electrons. The van der Waals surface area contributed by atoms with Crippen molar-refractivity contribution in [1.82, 2.24) is 0 Å². The van der Waals surface area contributed by atoms with E-state index in [1.54, 1.807) is 11.3 Å². The second kappa shape index (κ2) is 7.16. The molecule has 1 unspecified atom stereocenters. The molecule has 1 heterocycles. The largest absolute Gasteiger partial charge is 0.126 e. The standard InChI is InChI=1S/C11H15BrCl2S/c1-2-3-4-5-6-9(13)10-7-8(12)11(14)15-10/h7,9H,2-6H2,1H3. The van der Waals surface area contributed by atoms with Crippen molar-refractivity contribution in [2.45, 2.75) is 44.4 Å². The van der Waals surface area contributed by atoms with Gasteiger partial charge in [-0.05, 0) is 28.4 Å². The molecule has 0 nitrogen and oxygen atoms in total. The molecule has 0 amide bonds. The fraction of sp³-hybridized carbons (Fsp3) is 0.636. The first-order chi connectivity index (χ1) is 7.15. The van der Waals surface area contributed by atoms with Gasteiger partial charge in [-0.1, -0.05) is 44.2 Å². The van der Waals surface area contributed by atoms with Crippen LogP contribution in [0.1, 0.15) is 49.3 Å². The van der Waals surface area contributed by atoms with E-state index in [1.807, 2.05) is 6.07 Å². The lowest BCUT2D eigenvalue weighted by molar-refractivity contribution is 0.626. The summed E-state index contributed by atoms with van der Waals surface area (Å²) in [4.78, 5) is 1.17. The molecule has 0 aliphatic rings. The fourth-order valence-corrected chi connectivity index (χ4v) is 3.51. The van der Waals surface area contributed by atoms with Gasteiger partial charge in [0.2, 0.25) is 0 Å². The van der Waals surface area contributed by atoms with Crippen LogP contribution in [0.5, 0.6) is 0 Å². The van der Waals surface area contributed by atoms with Crippen LogP contribution in [0.2, 0.25) is 4.34 Å². The van der Waals surface area contributed by atoms with E-state index in [0.717, 1.165) is 15.2 Å². The summed E-state index contributed by atoms with van der Waals surface area (Å²) in [5, 5.41) is 0.121. The van der Waals surface area contributed by atoms with Gasteiger partial charge in [0.1, 0.15) is 4.34 Å². The highest BCUT2D eigenvalue weighted by molar-refractivity contribution is 9.10. The molecule has 0 fully saturated rings. The molecular formula is C11H15BrCl2S. The Labute approximate surface area is 114 Å². The first-order valence-corrected chi connectivity index (χ1v) is 7.66. The summed E-state index contributed by atoms with van der Waals surface area (Å²) in [6, 6.07) is 2.03. The third kappa shape index (κ3) is 4.64. The lowest BCUT2D eigenvalue weighted by Gasteiger charge is -2.05. The highest BCUT2D eigenvalue weighted by Crippen LogP contribution is 2.39. The van der Waals surface area contributed by atoms with Crippen molar-refractivity contribution in [3.05, 3.63) is 19.8 Å². The fourth-order valence-electron chi connectivity index (χ4n) is 1.41. The van der Waals surface area contributed by atoms with E-state index in [1.165, 1.54) is 30.6 Å². The summed E-state index contributed by atoms with van der Waals surface area (Å²) in [6.07, 6.45) is 6.10. The number of alkyl halides is 1. The predicted molar refractivity (Wildman–Crippen MR) is 74.4 cm³/mol. The second-order valence-corrected chi connectivity index (χ2v) is 6.65. The third-order valence-corrected chi connectivity index (χ3v) is 5.46. The van der Waals surface area contributed by atoms with Crippen molar-refractivity contribution in [2.24, 2.45) is 0 Å². The monoisotopic (exact) mass is 328 g/mol. The molecule has 0 aliphatic carbocycles. The van der Waals surface area contributed by atoms with Gasteiger partial charge in [-0.3, -0.25) is 0 Å². The summed E-state index contributed by atoms with van der Waals surface area (Å²) in [5.74, 6) is 0. The number of thiophene rings is 1. The SMILES string of the molecule is CCCCCCC(Cl)c1cc(Br)c(Cl)s1. The Kier molecular flexibility index (Phi) is 6.60. The van der Waals surface area contributed by atoms with E-state index < -0.39 is 0 Å². The maximum atomic E-state index is 6.30. The second-order valence-electron chi connectivity index (χ2n) is 3.59. The number of hydrogen-bond donors (Lipinski definition) is 0. The van der Waals surface area contributed by atoms with Gasteiger partial charge in [0.05, 0.1) is 5.38 Å². The van der Waals surface area contributed by atoms with Crippen LogP contribution in [0.4, 0.5) is 0 Å². The Morgan fingerprint density at radius 1 is 1.40 bits per heavy atom. The highest BCUT2D eigenvalue weighted by atomic mass is 79.9. The van der Waals surface area contributed by atoms with Gasteiger partial charge in [-0.15, -0.1) is 22.9 Å². The molecule has 1 aromatic rings. The molecule has 0 saturated carbocycles. The molecule has 1 atom stereocenters. The van der Waals surface area contributed by atoms with E-state index >= 15 is 0 Å². The summed E-state index contributed by atoms with van der Waals surface area (Å²) < 4.78 is 1.76. The Morgan fingerprint density at radius 2 is 2.13 bits per heavy atom. The molecule has 4 heteroatoms. The molecule has 15 heavy (non-hydrogen) atoms. The van der Waals surface area contributed by atoms with Gasteiger partial charge in [0.25, 0.3) is 0 Å². The van der Waals surface area contributed by atoms with Gasteiger partial charge < -0.3 is 0 Å². The normalized spacial score (nSPS) is 13.1. The summed E-state index contributed by atoms with van der Waals surface area (Å²) in [6.45, 7) is 2.22. The topological polar surface area (TPSA) is 0 Å². The first kappa shape index (κ1) is 13.8. The average molecular weight is 330 g/mol. The van der Waals surface area contributed by atoms with Crippen LogP contribution in [0.3, 0.4) is 0 Å². The van der Waals surface area contributed by atoms with Crippen molar-refractivity contribution >= 4 is 50.5 Å². The molecule has 0 N–H and O–H groups in total. The van der Waals surface area contributed by atoms with Crippen LogP contribution in [0.25, 0.3) is 0 Å². The molecule has 0 aromatic carbocycles. The van der Waals surface area contributed by atoms with Crippen LogP contribution >= 0.6 is 50.5 Å². The van der Waals surface area contributed by atoms with Gasteiger partial charge in [-0.2, -0.15) is 0 Å². The van der Waals surface area contributed by atoms with Crippen molar-refractivity contribution < 1.29 is 0 Å². The molecule has 0 aliphatic heterocycles. The zero-order valence-corrected chi connectivity index (χ0v) is 12.6. The van der Waals surface area contributed by atoms with E-state index in [9.17, 15) is 0 Å². The molecule has 0 bridgehead atoms. The zero-order valence-electron chi connectivity index (χ0n) is 8.73. The van der Waals surface area contributed by atoms with Gasteiger partial charge in [-0.25, -0.2) is 0 Å². The van der Waals surface area contributed by atoms with Crippen LogP contribution < -0.4 is 0 Å². The van der Waals surface area contributed by atoms with Gasteiger partial charge in [0, 0.05) is 9.35 Å². The van der Waals surface area contributed by atoms with Crippen LogP contribution in [0, 0.1) is 0 Å². The molecule has 86 valence electrons. The molecule has 0 spiro atoms. The maximum absolute atomic E-state index is 6.30. The lowest BCUT2D eigenvalue weighted by atomic mass is 10.1. The van der Waals surface area contributed by atoms with Gasteiger partial charge >= 0.3 is 0 Å². The molecule has 1 aromatic heterocycles. The van der Waals surface area contributed by atoms with E-state index in [2.05, 4.69) is 22.9 Å². The van der Waals surface area contributed by atoms with Crippen molar-refractivity contribution in [1.29, 1.82) is 0 Å². The maximum Gasteiger partial charge on any atom is 0.107 e. The van der Waals surface area contributed by atoms with Gasteiger partial charge in [0.15, 0.2) is 0 Å². The summed E-state index contributed by atoms with van der Waals surface area (Å²) >= 11 is 17.2. The minimum atomic E-state index is 0.121. The highest BCUT2D eigenvalue weighted by Gasteiger charge is 2.12. The van der Waals surface area contributed by atoms with E-state index in [-0.39, 0.29) is 5.38 Å². The summed E-state index contributed by atoms with van der Waals surface area (Å²) in [7, 11) is 0. The van der Waals surface area contributed by atoms with Crippen LogP contribution in [-0.2, 0) is 0 Å². The minimum Gasteiger partial charge on any atom is -0.126 e. The predicted octanol–water partition coefficient (Wildman–Crippen LogP) is 6.41. The minimum absolute atomic E-state index is 0.121. The Hall–Kier alpha value is 0.760. The number of rotatable bonds is 6. The van der Waals surface area contributed by atoms with E-state index in [0.29, 0.717) is 0 Å². The number of halogens is 3. The Balaban J connectivity index is 2.36. The number of hydrogen-bond acceptors (Lipinski definition) is 1. The van der Waals surface area contributed by atoms with Crippen molar-refractivity contribution in [3.8, 4) is 0 Å². The average Bonchev–Trinajstić information content (AvgIpc) is 2.54.